The minimum Gasteiger partial charge on any atom is -0.352 e. The lowest BCUT2D eigenvalue weighted by Gasteiger charge is -2.34. The first-order valence-corrected chi connectivity index (χ1v) is 16.4. The number of sulfonamides is 1. The number of nitrogens with zero attached hydrogens (tertiary/aromatic N) is 2. The van der Waals surface area contributed by atoms with Crippen LogP contribution in [0.1, 0.15) is 42.5 Å². The van der Waals surface area contributed by atoms with Gasteiger partial charge < -0.3 is 10.2 Å². The molecule has 4 rings (SSSR count). The van der Waals surface area contributed by atoms with Gasteiger partial charge in [0.1, 0.15) is 12.6 Å². The van der Waals surface area contributed by atoms with Crippen molar-refractivity contribution < 1.29 is 18.0 Å². The van der Waals surface area contributed by atoms with Gasteiger partial charge in [-0.05, 0) is 73.7 Å². The lowest BCUT2D eigenvalue weighted by molar-refractivity contribution is -0.140. The van der Waals surface area contributed by atoms with Crippen LogP contribution >= 0.6 is 0 Å². The maximum atomic E-state index is 14.5. The first-order valence-electron chi connectivity index (χ1n) is 14.9. The highest BCUT2D eigenvalue weighted by Gasteiger charge is 2.35. The maximum Gasteiger partial charge on any atom is 0.264 e. The summed E-state index contributed by atoms with van der Waals surface area (Å²) < 4.78 is 29.4. The van der Waals surface area contributed by atoms with Crippen LogP contribution in [0, 0.1) is 13.8 Å². The van der Waals surface area contributed by atoms with Crippen LogP contribution < -0.4 is 9.62 Å². The summed E-state index contributed by atoms with van der Waals surface area (Å²) in [6.45, 7) is 7.43. The van der Waals surface area contributed by atoms with Crippen molar-refractivity contribution in [2.45, 2.75) is 64.1 Å². The van der Waals surface area contributed by atoms with Gasteiger partial charge in [-0.2, -0.15) is 0 Å². The van der Waals surface area contributed by atoms with E-state index >= 15 is 0 Å². The van der Waals surface area contributed by atoms with Crippen molar-refractivity contribution in [2.75, 3.05) is 10.8 Å². The fourth-order valence-corrected chi connectivity index (χ4v) is 6.33. The molecule has 0 saturated heterocycles. The molecule has 4 aromatic rings. The molecule has 1 N–H and O–H groups in total. The van der Waals surface area contributed by atoms with Crippen LogP contribution in [0.25, 0.3) is 0 Å². The number of amides is 2. The van der Waals surface area contributed by atoms with E-state index in [0.717, 1.165) is 33.0 Å². The summed E-state index contributed by atoms with van der Waals surface area (Å²) in [4.78, 5) is 30.0. The molecule has 2 unspecified atom stereocenters. The number of aryl methyl sites for hydroxylation is 2. The third-order valence-electron chi connectivity index (χ3n) is 7.86. The standard InChI is InChI=1S/C36H41N3O4S/c1-5-29(4)37-36(41)34(24-30-15-9-6-10-16-30)38(25-31-17-11-7-12-18-31)35(40)26-39(32-22-21-27(2)28(3)23-32)44(42,43)33-19-13-8-14-20-33/h6-23,29,34H,5,24-26H2,1-4H3,(H,37,41). The predicted octanol–water partition coefficient (Wildman–Crippen LogP) is 6.05. The summed E-state index contributed by atoms with van der Waals surface area (Å²) in [6.07, 6.45) is 1.00. The Morgan fingerprint density at radius 2 is 1.34 bits per heavy atom. The van der Waals surface area contributed by atoms with Gasteiger partial charge in [-0.3, -0.25) is 13.9 Å². The van der Waals surface area contributed by atoms with Crippen LogP contribution in [-0.2, 0) is 32.6 Å². The van der Waals surface area contributed by atoms with Gasteiger partial charge in [0.15, 0.2) is 0 Å². The number of rotatable bonds is 13. The zero-order chi connectivity index (χ0) is 31.7. The third kappa shape index (κ3) is 8.14. The number of benzene rings is 4. The van der Waals surface area contributed by atoms with Crippen LogP contribution in [-0.4, -0.2) is 43.8 Å². The molecular weight excluding hydrogens is 570 g/mol. The van der Waals surface area contributed by atoms with E-state index in [1.807, 2.05) is 94.4 Å². The van der Waals surface area contributed by atoms with Crippen molar-refractivity contribution in [3.8, 4) is 0 Å². The summed E-state index contributed by atoms with van der Waals surface area (Å²) >= 11 is 0. The highest BCUT2D eigenvalue weighted by molar-refractivity contribution is 7.92. The molecule has 0 aliphatic heterocycles. The highest BCUT2D eigenvalue weighted by Crippen LogP contribution is 2.27. The van der Waals surface area contributed by atoms with Gasteiger partial charge >= 0.3 is 0 Å². The average molecular weight is 612 g/mol. The molecule has 0 spiro atoms. The summed E-state index contributed by atoms with van der Waals surface area (Å²) in [7, 11) is -4.13. The molecule has 8 heteroatoms. The van der Waals surface area contributed by atoms with Crippen molar-refractivity contribution in [1.29, 1.82) is 0 Å². The van der Waals surface area contributed by atoms with E-state index in [1.54, 1.807) is 30.3 Å². The Morgan fingerprint density at radius 1 is 0.773 bits per heavy atom. The monoisotopic (exact) mass is 611 g/mol. The summed E-state index contributed by atoms with van der Waals surface area (Å²) in [5.41, 5.74) is 4.02. The number of carbonyl (C=O) groups excluding carboxylic acids is 2. The number of hydrogen-bond acceptors (Lipinski definition) is 4. The number of nitrogens with one attached hydrogen (secondary N) is 1. The second-order valence-corrected chi connectivity index (χ2v) is 13.0. The Labute approximate surface area is 261 Å². The normalized spacial score (nSPS) is 12.6. The van der Waals surface area contributed by atoms with Gasteiger partial charge in [0.2, 0.25) is 11.8 Å². The molecule has 4 aromatic carbocycles. The molecule has 0 aliphatic carbocycles. The summed E-state index contributed by atoms with van der Waals surface area (Å²) in [5, 5.41) is 3.06. The van der Waals surface area contributed by atoms with Crippen LogP contribution in [0.5, 0.6) is 0 Å². The molecule has 0 bridgehead atoms. The average Bonchev–Trinajstić information content (AvgIpc) is 3.04. The molecule has 0 heterocycles. The van der Waals surface area contributed by atoms with E-state index in [9.17, 15) is 18.0 Å². The second-order valence-electron chi connectivity index (χ2n) is 11.1. The van der Waals surface area contributed by atoms with Crippen LogP contribution in [0.2, 0.25) is 0 Å². The van der Waals surface area contributed by atoms with Gasteiger partial charge in [0.25, 0.3) is 10.0 Å². The van der Waals surface area contributed by atoms with Crippen LogP contribution in [0.3, 0.4) is 0 Å². The molecule has 44 heavy (non-hydrogen) atoms. The Hall–Kier alpha value is -4.43. The Kier molecular flexibility index (Phi) is 11.0. The fourth-order valence-electron chi connectivity index (χ4n) is 4.90. The van der Waals surface area contributed by atoms with Crippen LogP contribution in [0.15, 0.2) is 114 Å². The fraction of sp³-hybridized carbons (Fsp3) is 0.278. The van der Waals surface area contributed by atoms with Gasteiger partial charge in [-0.15, -0.1) is 0 Å². The van der Waals surface area contributed by atoms with E-state index in [0.29, 0.717) is 5.69 Å². The number of carbonyl (C=O) groups is 2. The second kappa shape index (κ2) is 14.8. The predicted molar refractivity (Wildman–Crippen MR) is 176 cm³/mol. The largest absolute Gasteiger partial charge is 0.352 e. The first-order chi connectivity index (χ1) is 21.1. The van der Waals surface area contributed by atoms with Crippen LogP contribution in [0.4, 0.5) is 5.69 Å². The summed E-state index contributed by atoms with van der Waals surface area (Å²) in [5.74, 6) is -0.761. The van der Waals surface area contributed by atoms with Gasteiger partial charge in [-0.1, -0.05) is 91.9 Å². The third-order valence-corrected chi connectivity index (χ3v) is 9.64. The molecule has 0 aliphatic rings. The molecule has 7 nitrogen and oxygen atoms in total. The topological polar surface area (TPSA) is 86.8 Å². The molecule has 0 fully saturated rings. The minimum atomic E-state index is -4.13. The SMILES string of the molecule is CCC(C)NC(=O)C(Cc1ccccc1)N(Cc1ccccc1)C(=O)CN(c1ccc(C)c(C)c1)S(=O)(=O)c1ccccc1. The molecular formula is C36H41N3O4S. The quantitative estimate of drug-likeness (QED) is 0.199. The van der Waals surface area contributed by atoms with Crippen molar-refractivity contribution >= 4 is 27.5 Å². The molecule has 0 saturated carbocycles. The van der Waals surface area contributed by atoms with Crippen molar-refractivity contribution in [3.05, 3.63) is 131 Å². The molecule has 0 radical (unpaired) electrons. The van der Waals surface area contributed by atoms with Gasteiger partial charge in [0.05, 0.1) is 10.6 Å². The Morgan fingerprint density at radius 3 is 1.91 bits per heavy atom. The Bertz CT molecular complexity index is 1650. The van der Waals surface area contributed by atoms with E-state index < -0.39 is 28.5 Å². The smallest absolute Gasteiger partial charge is 0.264 e. The first kappa shape index (κ1) is 32.5. The molecule has 230 valence electrons. The zero-order valence-electron chi connectivity index (χ0n) is 25.8. The lowest BCUT2D eigenvalue weighted by Crippen LogP contribution is -2.54. The molecule has 2 atom stereocenters. The molecule has 2 amide bonds. The van der Waals surface area contributed by atoms with Crippen molar-refractivity contribution in [2.24, 2.45) is 0 Å². The maximum absolute atomic E-state index is 14.5. The van der Waals surface area contributed by atoms with E-state index in [-0.39, 0.29) is 29.8 Å². The van der Waals surface area contributed by atoms with E-state index in [2.05, 4.69) is 5.32 Å². The summed E-state index contributed by atoms with van der Waals surface area (Å²) in [6, 6.07) is 31.5. The Balaban J connectivity index is 1.80. The molecule has 0 aromatic heterocycles. The van der Waals surface area contributed by atoms with Gasteiger partial charge in [0, 0.05) is 19.0 Å². The number of anilines is 1. The van der Waals surface area contributed by atoms with E-state index in [4.69, 9.17) is 0 Å². The lowest BCUT2D eigenvalue weighted by atomic mass is 10.0. The minimum absolute atomic E-state index is 0.0796. The number of hydrogen-bond donors (Lipinski definition) is 1. The zero-order valence-corrected chi connectivity index (χ0v) is 26.6. The van der Waals surface area contributed by atoms with Gasteiger partial charge in [-0.25, -0.2) is 8.42 Å². The van der Waals surface area contributed by atoms with Crippen molar-refractivity contribution in [1.82, 2.24) is 10.2 Å². The highest BCUT2D eigenvalue weighted by atomic mass is 32.2. The van der Waals surface area contributed by atoms with Crippen molar-refractivity contribution in [3.63, 3.8) is 0 Å². The van der Waals surface area contributed by atoms with E-state index in [1.165, 1.54) is 17.0 Å².